The summed E-state index contributed by atoms with van der Waals surface area (Å²) in [7, 11) is 0. The van der Waals surface area contributed by atoms with E-state index in [9.17, 15) is 0 Å². The van der Waals surface area contributed by atoms with Gasteiger partial charge in [-0.2, -0.15) is 0 Å². The van der Waals surface area contributed by atoms with Crippen LogP contribution in [0.3, 0.4) is 0 Å². The number of rotatable bonds is 4. The number of fused-ring (bicyclic) bond motifs is 1. The Morgan fingerprint density at radius 2 is 1.76 bits per heavy atom. The fraction of sp³-hybridized carbons (Fsp3) is 0.368. The molecule has 3 rings (SSSR count). The summed E-state index contributed by atoms with van der Waals surface area (Å²) in [5.74, 6) is 1.69. The van der Waals surface area contributed by atoms with E-state index in [0.717, 1.165) is 36.3 Å². The first-order valence-electron chi connectivity index (χ1n) is 7.62. The molecule has 0 radical (unpaired) electrons. The van der Waals surface area contributed by atoms with Gasteiger partial charge in [-0.05, 0) is 40.7 Å². The molecule has 0 bridgehead atoms. The molecule has 1 heterocycles. The van der Waals surface area contributed by atoms with Gasteiger partial charge in [-0.15, -0.1) is 11.6 Å². The quantitative estimate of drug-likeness (QED) is 0.710. The third kappa shape index (κ3) is 3.24. The molecule has 21 heavy (non-hydrogen) atoms. The van der Waals surface area contributed by atoms with Crippen LogP contribution in [0.15, 0.2) is 42.5 Å². The molecule has 0 aliphatic carbocycles. The minimum Gasteiger partial charge on any atom is -0.493 e. The maximum absolute atomic E-state index is 6.65. The summed E-state index contributed by atoms with van der Waals surface area (Å²) in [5.41, 5.74) is 4.95. The molecule has 1 nitrogen and oxygen atoms in total. The molecule has 0 amide bonds. The molecule has 2 heteroatoms. The van der Waals surface area contributed by atoms with Crippen molar-refractivity contribution in [2.45, 2.75) is 32.1 Å². The number of ether oxygens (including phenoxy) is 1. The first kappa shape index (κ1) is 14.5. The Labute approximate surface area is 131 Å². The van der Waals surface area contributed by atoms with Crippen molar-refractivity contribution < 1.29 is 4.74 Å². The van der Waals surface area contributed by atoms with Crippen LogP contribution in [0.5, 0.6) is 5.75 Å². The van der Waals surface area contributed by atoms with Crippen LogP contribution in [-0.2, 0) is 12.8 Å². The maximum atomic E-state index is 6.65. The molecule has 0 saturated carbocycles. The van der Waals surface area contributed by atoms with Crippen molar-refractivity contribution >= 4 is 11.6 Å². The Balaban J connectivity index is 1.79. The van der Waals surface area contributed by atoms with E-state index in [2.05, 4.69) is 50.2 Å². The lowest BCUT2D eigenvalue weighted by molar-refractivity contribution is 0.357. The van der Waals surface area contributed by atoms with Gasteiger partial charge >= 0.3 is 0 Å². The second-order valence-corrected chi connectivity index (χ2v) is 6.60. The van der Waals surface area contributed by atoms with Crippen molar-refractivity contribution in [1.29, 1.82) is 0 Å². The highest BCUT2D eigenvalue weighted by atomic mass is 35.5. The summed E-state index contributed by atoms with van der Waals surface area (Å²) in [6, 6.07) is 15.0. The number of hydrogen-bond donors (Lipinski definition) is 0. The lowest BCUT2D eigenvalue weighted by Crippen LogP contribution is -1.97. The Kier molecular flexibility index (Phi) is 4.21. The number of alkyl halides is 1. The Morgan fingerprint density at radius 3 is 2.48 bits per heavy atom. The van der Waals surface area contributed by atoms with Gasteiger partial charge in [-0.3, -0.25) is 0 Å². The third-order valence-electron chi connectivity index (χ3n) is 3.92. The molecular formula is C19H21ClO. The summed E-state index contributed by atoms with van der Waals surface area (Å²) in [6.07, 6.45) is 2.10. The van der Waals surface area contributed by atoms with E-state index in [0.29, 0.717) is 5.92 Å². The molecule has 110 valence electrons. The molecule has 1 aliphatic heterocycles. The Morgan fingerprint density at radius 1 is 1.05 bits per heavy atom. The summed E-state index contributed by atoms with van der Waals surface area (Å²) in [4.78, 5) is 0. The van der Waals surface area contributed by atoms with Crippen LogP contribution in [0.1, 0.15) is 41.5 Å². The van der Waals surface area contributed by atoms with Crippen molar-refractivity contribution in [3.63, 3.8) is 0 Å². The Bertz CT molecular complexity index is 616. The molecule has 0 spiro atoms. The van der Waals surface area contributed by atoms with Gasteiger partial charge in [0.05, 0.1) is 12.0 Å². The lowest BCUT2D eigenvalue weighted by atomic mass is 9.98. The van der Waals surface area contributed by atoms with Gasteiger partial charge in [0.15, 0.2) is 0 Å². The van der Waals surface area contributed by atoms with Crippen LogP contribution in [-0.4, -0.2) is 6.61 Å². The van der Waals surface area contributed by atoms with Crippen molar-refractivity contribution in [3.8, 4) is 5.75 Å². The summed E-state index contributed by atoms with van der Waals surface area (Å²) < 4.78 is 5.55. The highest BCUT2D eigenvalue weighted by molar-refractivity contribution is 6.22. The highest BCUT2D eigenvalue weighted by Crippen LogP contribution is 2.34. The SMILES string of the molecule is CC(C)Cc1ccc(C(Cl)c2ccc3c(c2)CCO3)cc1. The minimum absolute atomic E-state index is 0.0935. The lowest BCUT2D eigenvalue weighted by Gasteiger charge is -2.13. The number of halogens is 1. The zero-order chi connectivity index (χ0) is 14.8. The van der Waals surface area contributed by atoms with E-state index in [-0.39, 0.29) is 5.38 Å². The first-order valence-corrected chi connectivity index (χ1v) is 8.05. The zero-order valence-corrected chi connectivity index (χ0v) is 13.4. The Hall–Kier alpha value is -1.47. The van der Waals surface area contributed by atoms with Crippen LogP contribution in [0.25, 0.3) is 0 Å². The minimum atomic E-state index is -0.0935. The highest BCUT2D eigenvalue weighted by Gasteiger charge is 2.16. The molecule has 1 unspecified atom stereocenters. The van der Waals surface area contributed by atoms with E-state index >= 15 is 0 Å². The summed E-state index contributed by atoms with van der Waals surface area (Å²) >= 11 is 6.65. The largest absolute Gasteiger partial charge is 0.493 e. The average Bonchev–Trinajstić information content (AvgIpc) is 2.94. The normalized spacial score (nSPS) is 14.9. The van der Waals surface area contributed by atoms with E-state index in [1.807, 2.05) is 6.07 Å². The molecule has 2 aromatic rings. The molecule has 0 saturated heterocycles. The fourth-order valence-electron chi connectivity index (χ4n) is 2.85. The van der Waals surface area contributed by atoms with Gasteiger partial charge in [0.25, 0.3) is 0 Å². The van der Waals surface area contributed by atoms with Crippen LogP contribution in [0, 0.1) is 5.92 Å². The van der Waals surface area contributed by atoms with E-state index in [4.69, 9.17) is 16.3 Å². The predicted octanol–water partition coefficient (Wildman–Crippen LogP) is 5.15. The first-order chi connectivity index (χ1) is 10.1. The van der Waals surface area contributed by atoms with E-state index in [1.54, 1.807) is 0 Å². The monoisotopic (exact) mass is 300 g/mol. The van der Waals surface area contributed by atoms with Crippen LogP contribution in [0.4, 0.5) is 0 Å². The fourth-order valence-corrected chi connectivity index (χ4v) is 3.13. The van der Waals surface area contributed by atoms with Crippen LogP contribution < -0.4 is 4.74 Å². The van der Waals surface area contributed by atoms with Gasteiger partial charge in [0.1, 0.15) is 5.75 Å². The molecule has 2 aromatic carbocycles. The number of benzene rings is 2. The molecular weight excluding hydrogens is 280 g/mol. The van der Waals surface area contributed by atoms with Gasteiger partial charge in [-0.25, -0.2) is 0 Å². The van der Waals surface area contributed by atoms with Gasteiger partial charge < -0.3 is 4.74 Å². The topological polar surface area (TPSA) is 9.23 Å². The molecule has 0 aromatic heterocycles. The molecule has 1 atom stereocenters. The third-order valence-corrected chi connectivity index (χ3v) is 4.43. The second-order valence-electron chi connectivity index (χ2n) is 6.17. The zero-order valence-electron chi connectivity index (χ0n) is 12.6. The van der Waals surface area contributed by atoms with Crippen molar-refractivity contribution in [2.24, 2.45) is 5.92 Å². The van der Waals surface area contributed by atoms with Crippen molar-refractivity contribution in [2.75, 3.05) is 6.61 Å². The van der Waals surface area contributed by atoms with Gasteiger partial charge in [0, 0.05) is 6.42 Å². The van der Waals surface area contributed by atoms with Gasteiger partial charge in [-0.1, -0.05) is 50.2 Å². The number of hydrogen-bond acceptors (Lipinski definition) is 1. The van der Waals surface area contributed by atoms with E-state index < -0.39 is 0 Å². The van der Waals surface area contributed by atoms with E-state index in [1.165, 1.54) is 11.1 Å². The van der Waals surface area contributed by atoms with Crippen LogP contribution >= 0.6 is 11.6 Å². The second kappa shape index (κ2) is 6.11. The molecule has 0 fully saturated rings. The standard InChI is InChI=1S/C19H21ClO/c1-13(2)11-14-3-5-15(6-4-14)19(20)17-7-8-18-16(12-17)9-10-21-18/h3-8,12-13,19H,9-11H2,1-2H3. The average molecular weight is 301 g/mol. The van der Waals surface area contributed by atoms with Gasteiger partial charge in [0.2, 0.25) is 0 Å². The van der Waals surface area contributed by atoms with Crippen LogP contribution in [0.2, 0.25) is 0 Å². The molecule has 1 aliphatic rings. The van der Waals surface area contributed by atoms with Crippen molar-refractivity contribution in [3.05, 3.63) is 64.7 Å². The summed E-state index contributed by atoms with van der Waals surface area (Å²) in [6.45, 7) is 5.27. The van der Waals surface area contributed by atoms with Crippen molar-refractivity contribution in [1.82, 2.24) is 0 Å². The maximum Gasteiger partial charge on any atom is 0.122 e. The summed E-state index contributed by atoms with van der Waals surface area (Å²) in [5, 5.41) is -0.0935. The smallest absolute Gasteiger partial charge is 0.122 e. The molecule has 0 N–H and O–H groups in total. The predicted molar refractivity (Wildman–Crippen MR) is 88.3 cm³/mol.